The standard InChI is InChI=1S/C22H21NO7/c1-28-20(25)16-9-17(21(26)29-2)11-18(10-16)23-19(24)12-30-22(27)15-7-6-13-4-3-5-14(13)8-15/h6-11H,3-5,12H2,1-2H3,(H,23,24). The molecule has 0 radical (unpaired) electrons. The monoisotopic (exact) mass is 411 g/mol. The maximum atomic E-state index is 12.2. The van der Waals surface area contributed by atoms with Gasteiger partial charge in [0.1, 0.15) is 0 Å². The number of nitrogens with one attached hydrogen (secondary N) is 1. The van der Waals surface area contributed by atoms with Gasteiger partial charge in [-0.2, -0.15) is 0 Å². The third kappa shape index (κ3) is 4.83. The second-order valence-corrected chi connectivity index (χ2v) is 6.74. The summed E-state index contributed by atoms with van der Waals surface area (Å²) in [7, 11) is 2.40. The summed E-state index contributed by atoms with van der Waals surface area (Å²) < 4.78 is 14.4. The Morgan fingerprint density at radius 3 is 2.07 bits per heavy atom. The molecule has 8 nitrogen and oxygen atoms in total. The fourth-order valence-electron chi connectivity index (χ4n) is 3.28. The summed E-state index contributed by atoms with van der Waals surface area (Å²) in [5, 5.41) is 2.50. The van der Waals surface area contributed by atoms with Crippen molar-refractivity contribution < 1.29 is 33.4 Å². The average molecular weight is 411 g/mol. The molecule has 0 aromatic heterocycles. The molecule has 156 valence electrons. The molecule has 0 saturated carbocycles. The van der Waals surface area contributed by atoms with Crippen molar-refractivity contribution in [2.75, 3.05) is 26.1 Å². The first kappa shape index (κ1) is 21.0. The van der Waals surface area contributed by atoms with E-state index in [4.69, 9.17) is 4.74 Å². The second kappa shape index (κ2) is 9.21. The third-order valence-corrected chi connectivity index (χ3v) is 4.73. The van der Waals surface area contributed by atoms with Gasteiger partial charge in [-0.15, -0.1) is 0 Å². The highest BCUT2D eigenvalue weighted by Gasteiger charge is 2.17. The first-order valence-electron chi connectivity index (χ1n) is 9.31. The Bertz CT molecular complexity index is 978. The Balaban J connectivity index is 1.66. The van der Waals surface area contributed by atoms with Crippen LogP contribution in [0, 0.1) is 0 Å². The van der Waals surface area contributed by atoms with Gasteiger partial charge in [0.2, 0.25) is 0 Å². The molecule has 0 heterocycles. The smallest absolute Gasteiger partial charge is 0.338 e. The van der Waals surface area contributed by atoms with Gasteiger partial charge in [-0.25, -0.2) is 14.4 Å². The van der Waals surface area contributed by atoms with E-state index in [0.717, 1.165) is 24.8 Å². The van der Waals surface area contributed by atoms with E-state index in [2.05, 4.69) is 14.8 Å². The van der Waals surface area contributed by atoms with Crippen LogP contribution in [0.4, 0.5) is 5.69 Å². The van der Waals surface area contributed by atoms with E-state index in [1.165, 1.54) is 38.0 Å². The Morgan fingerprint density at radius 1 is 0.800 bits per heavy atom. The molecule has 1 N–H and O–H groups in total. The van der Waals surface area contributed by atoms with Gasteiger partial charge in [-0.05, 0) is 60.7 Å². The fraction of sp³-hybridized carbons (Fsp3) is 0.273. The molecule has 0 aliphatic heterocycles. The number of carbonyl (C=O) groups excluding carboxylic acids is 4. The van der Waals surface area contributed by atoms with E-state index in [-0.39, 0.29) is 16.8 Å². The number of esters is 3. The van der Waals surface area contributed by atoms with Crippen LogP contribution >= 0.6 is 0 Å². The van der Waals surface area contributed by atoms with Gasteiger partial charge in [0.25, 0.3) is 5.91 Å². The highest BCUT2D eigenvalue weighted by Crippen LogP contribution is 2.23. The van der Waals surface area contributed by atoms with Crippen LogP contribution in [0.2, 0.25) is 0 Å². The zero-order valence-corrected chi connectivity index (χ0v) is 16.7. The number of amides is 1. The van der Waals surface area contributed by atoms with Gasteiger partial charge >= 0.3 is 17.9 Å². The van der Waals surface area contributed by atoms with Crippen molar-refractivity contribution in [1.29, 1.82) is 0 Å². The lowest BCUT2D eigenvalue weighted by molar-refractivity contribution is -0.119. The molecule has 30 heavy (non-hydrogen) atoms. The molecule has 1 amide bonds. The molecule has 0 atom stereocenters. The maximum Gasteiger partial charge on any atom is 0.338 e. The van der Waals surface area contributed by atoms with E-state index in [1.807, 2.05) is 6.07 Å². The van der Waals surface area contributed by atoms with Crippen molar-refractivity contribution in [3.63, 3.8) is 0 Å². The van der Waals surface area contributed by atoms with Crippen molar-refractivity contribution in [3.05, 3.63) is 64.2 Å². The predicted molar refractivity (Wildman–Crippen MR) is 107 cm³/mol. The number of hydrogen-bond acceptors (Lipinski definition) is 7. The Morgan fingerprint density at radius 2 is 1.43 bits per heavy atom. The Kier molecular flexibility index (Phi) is 6.46. The number of carbonyl (C=O) groups is 4. The molecule has 0 unspecified atom stereocenters. The number of fused-ring (bicyclic) bond motifs is 1. The minimum Gasteiger partial charge on any atom is -0.465 e. The SMILES string of the molecule is COC(=O)c1cc(NC(=O)COC(=O)c2ccc3c(c2)CCC3)cc(C(=O)OC)c1. The van der Waals surface area contributed by atoms with E-state index in [0.29, 0.717) is 5.56 Å². The highest BCUT2D eigenvalue weighted by atomic mass is 16.5. The number of anilines is 1. The van der Waals surface area contributed by atoms with Crippen LogP contribution in [0.15, 0.2) is 36.4 Å². The molecule has 8 heteroatoms. The van der Waals surface area contributed by atoms with E-state index in [1.54, 1.807) is 12.1 Å². The van der Waals surface area contributed by atoms with Gasteiger partial charge in [0, 0.05) is 5.69 Å². The van der Waals surface area contributed by atoms with Crippen LogP contribution in [-0.2, 0) is 31.8 Å². The summed E-state index contributed by atoms with van der Waals surface area (Å²) in [4.78, 5) is 48.1. The number of hydrogen-bond donors (Lipinski definition) is 1. The molecule has 2 aromatic carbocycles. The van der Waals surface area contributed by atoms with Crippen LogP contribution in [-0.4, -0.2) is 44.6 Å². The summed E-state index contributed by atoms with van der Waals surface area (Å²) >= 11 is 0. The lowest BCUT2D eigenvalue weighted by Gasteiger charge is -2.10. The molecular weight excluding hydrogens is 390 g/mol. The number of ether oxygens (including phenoxy) is 3. The minimum absolute atomic E-state index is 0.0610. The van der Waals surface area contributed by atoms with Crippen molar-refractivity contribution in [3.8, 4) is 0 Å². The Labute approximate surface area is 173 Å². The number of rotatable bonds is 6. The molecule has 0 fully saturated rings. The summed E-state index contributed by atoms with van der Waals surface area (Å²) in [5.74, 6) is -2.58. The van der Waals surface area contributed by atoms with Gasteiger partial charge in [-0.1, -0.05) is 6.07 Å². The van der Waals surface area contributed by atoms with E-state index in [9.17, 15) is 19.2 Å². The van der Waals surface area contributed by atoms with Crippen LogP contribution in [0.5, 0.6) is 0 Å². The lowest BCUT2D eigenvalue weighted by Crippen LogP contribution is -2.21. The largest absolute Gasteiger partial charge is 0.465 e. The van der Waals surface area contributed by atoms with Gasteiger partial charge < -0.3 is 19.5 Å². The second-order valence-electron chi connectivity index (χ2n) is 6.74. The fourth-order valence-corrected chi connectivity index (χ4v) is 3.28. The van der Waals surface area contributed by atoms with Gasteiger partial charge in [0.15, 0.2) is 6.61 Å². The highest BCUT2D eigenvalue weighted by molar-refractivity contribution is 6.00. The van der Waals surface area contributed by atoms with Crippen LogP contribution < -0.4 is 5.32 Å². The third-order valence-electron chi connectivity index (χ3n) is 4.73. The summed E-state index contributed by atoms with van der Waals surface area (Å²) in [6.45, 7) is -0.522. The zero-order valence-electron chi connectivity index (χ0n) is 16.7. The molecule has 0 spiro atoms. The molecule has 1 aliphatic rings. The maximum absolute atomic E-state index is 12.2. The summed E-state index contributed by atoms with van der Waals surface area (Å²) in [5.41, 5.74) is 3.04. The van der Waals surface area contributed by atoms with Gasteiger partial charge in [0.05, 0.1) is 30.9 Å². The molecular formula is C22H21NO7. The molecule has 0 bridgehead atoms. The van der Waals surface area contributed by atoms with E-state index >= 15 is 0 Å². The first-order valence-corrected chi connectivity index (χ1v) is 9.31. The van der Waals surface area contributed by atoms with Crippen molar-refractivity contribution in [2.24, 2.45) is 0 Å². The average Bonchev–Trinajstić information content (AvgIpc) is 3.23. The Hall–Kier alpha value is -3.68. The first-order chi connectivity index (χ1) is 14.4. The zero-order chi connectivity index (χ0) is 21.7. The van der Waals surface area contributed by atoms with Crippen LogP contribution in [0.3, 0.4) is 0 Å². The van der Waals surface area contributed by atoms with Gasteiger partial charge in [-0.3, -0.25) is 4.79 Å². The quantitative estimate of drug-likeness (QED) is 0.575. The number of methoxy groups -OCH3 is 2. The van der Waals surface area contributed by atoms with Crippen molar-refractivity contribution in [1.82, 2.24) is 0 Å². The van der Waals surface area contributed by atoms with Crippen LogP contribution in [0.1, 0.15) is 48.6 Å². The molecule has 2 aromatic rings. The van der Waals surface area contributed by atoms with Crippen molar-refractivity contribution in [2.45, 2.75) is 19.3 Å². The molecule has 3 rings (SSSR count). The number of aryl methyl sites for hydroxylation is 2. The topological polar surface area (TPSA) is 108 Å². The summed E-state index contributed by atoms with van der Waals surface area (Å²) in [6.07, 6.45) is 3.00. The predicted octanol–water partition coefficient (Wildman–Crippen LogP) is 2.54. The van der Waals surface area contributed by atoms with Crippen molar-refractivity contribution >= 4 is 29.5 Å². The summed E-state index contributed by atoms with van der Waals surface area (Å²) in [6, 6.07) is 9.38. The normalized spacial score (nSPS) is 11.9. The number of benzene rings is 2. The van der Waals surface area contributed by atoms with Crippen LogP contribution in [0.25, 0.3) is 0 Å². The lowest BCUT2D eigenvalue weighted by atomic mass is 10.1. The van der Waals surface area contributed by atoms with E-state index < -0.39 is 30.4 Å². The minimum atomic E-state index is -0.681. The molecule has 1 aliphatic carbocycles. The molecule has 0 saturated heterocycles.